The number of aryl methyl sites for hydroxylation is 1. The van der Waals surface area contributed by atoms with Gasteiger partial charge in [0.05, 0.1) is 11.4 Å². The Bertz CT molecular complexity index is 885. The largest absolute Gasteiger partial charge is 0.465 e. The van der Waals surface area contributed by atoms with Gasteiger partial charge in [-0.05, 0) is 62.1 Å². The van der Waals surface area contributed by atoms with Crippen molar-refractivity contribution in [2.75, 3.05) is 13.1 Å². The number of furan rings is 1. The molecule has 1 aliphatic heterocycles. The van der Waals surface area contributed by atoms with E-state index in [1.54, 1.807) is 12.1 Å². The van der Waals surface area contributed by atoms with Crippen LogP contribution in [0.3, 0.4) is 0 Å². The molecule has 8 heteroatoms. The van der Waals surface area contributed by atoms with E-state index in [9.17, 15) is 13.2 Å². The Morgan fingerprint density at radius 2 is 1.85 bits per heavy atom. The zero-order valence-corrected chi connectivity index (χ0v) is 16.7. The lowest BCUT2D eigenvalue weighted by molar-refractivity contribution is -0.122. The van der Waals surface area contributed by atoms with E-state index in [1.165, 1.54) is 16.4 Å². The molecule has 3 rings (SSSR count). The molecule has 1 fully saturated rings. The lowest BCUT2D eigenvalue weighted by atomic mass is 9.94. The molecule has 0 aliphatic carbocycles. The zero-order valence-electron chi connectivity index (χ0n) is 15.2. The Kier molecular flexibility index (Phi) is 6.24. The molecule has 0 unspecified atom stereocenters. The summed E-state index contributed by atoms with van der Waals surface area (Å²) in [6, 6.07) is 9.90. The summed E-state index contributed by atoms with van der Waals surface area (Å²) in [5.41, 5.74) is 0. The van der Waals surface area contributed by atoms with E-state index in [2.05, 4.69) is 5.32 Å². The van der Waals surface area contributed by atoms with Crippen LogP contribution in [-0.4, -0.2) is 31.7 Å². The molecule has 2 heterocycles. The number of carbonyl (C=O) groups excluding carboxylic acids is 1. The lowest BCUT2D eigenvalue weighted by Gasteiger charge is -2.31. The second-order valence-corrected chi connectivity index (χ2v) is 9.17. The van der Waals surface area contributed by atoms with Gasteiger partial charge in [-0.2, -0.15) is 4.31 Å². The first-order chi connectivity index (χ1) is 12.8. The number of hydrogen-bond acceptors (Lipinski definition) is 4. The van der Waals surface area contributed by atoms with Crippen molar-refractivity contribution in [2.45, 2.75) is 37.6 Å². The Labute approximate surface area is 164 Å². The molecule has 27 heavy (non-hydrogen) atoms. The first kappa shape index (κ1) is 19.9. The molecule has 0 spiro atoms. The molecule has 1 amide bonds. The number of rotatable bonds is 6. The minimum atomic E-state index is -3.51. The summed E-state index contributed by atoms with van der Waals surface area (Å²) < 4.78 is 32.3. The molecular weight excluding hydrogens is 388 g/mol. The van der Waals surface area contributed by atoms with Gasteiger partial charge in [-0.25, -0.2) is 8.42 Å². The maximum absolute atomic E-state index is 12.7. The van der Waals surface area contributed by atoms with Gasteiger partial charge in [-0.1, -0.05) is 11.6 Å². The summed E-state index contributed by atoms with van der Waals surface area (Å²) >= 11 is 5.83. The maximum Gasteiger partial charge on any atom is 0.243 e. The number of piperidine rings is 1. The van der Waals surface area contributed by atoms with E-state index in [0.717, 1.165) is 11.5 Å². The third kappa shape index (κ3) is 5.12. The predicted molar refractivity (Wildman–Crippen MR) is 103 cm³/mol. The summed E-state index contributed by atoms with van der Waals surface area (Å²) in [7, 11) is -3.51. The monoisotopic (exact) mass is 410 g/mol. The molecule has 146 valence electrons. The van der Waals surface area contributed by atoms with Gasteiger partial charge >= 0.3 is 0 Å². The van der Waals surface area contributed by atoms with Crippen molar-refractivity contribution in [3.05, 3.63) is 52.9 Å². The van der Waals surface area contributed by atoms with E-state index in [1.807, 2.05) is 19.1 Å². The molecule has 1 aromatic carbocycles. The van der Waals surface area contributed by atoms with Gasteiger partial charge in [0.2, 0.25) is 15.9 Å². The zero-order chi connectivity index (χ0) is 19.4. The predicted octanol–water partition coefficient (Wildman–Crippen LogP) is 3.35. The minimum absolute atomic E-state index is 0.0388. The normalized spacial score (nSPS) is 16.4. The van der Waals surface area contributed by atoms with Crippen LogP contribution in [0.1, 0.15) is 30.8 Å². The van der Waals surface area contributed by atoms with Gasteiger partial charge in [0, 0.05) is 24.5 Å². The van der Waals surface area contributed by atoms with Crippen LogP contribution in [0.25, 0.3) is 0 Å². The minimum Gasteiger partial charge on any atom is -0.465 e. The van der Waals surface area contributed by atoms with Crippen LogP contribution in [0.2, 0.25) is 5.02 Å². The van der Waals surface area contributed by atoms with Crippen molar-refractivity contribution < 1.29 is 17.6 Å². The number of sulfonamides is 1. The molecule has 0 radical (unpaired) electrons. The quantitative estimate of drug-likeness (QED) is 0.791. The fourth-order valence-corrected chi connectivity index (χ4v) is 4.81. The van der Waals surface area contributed by atoms with Crippen molar-refractivity contribution in [3.8, 4) is 0 Å². The topological polar surface area (TPSA) is 79.6 Å². The van der Waals surface area contributed by atoms with E-state index >= 15 is 0 Å². The number of carbonyl (C=O) groups is 1. The van der Waals surface area contributed by atoms with Gasteiger partial charge in [0.15, 0.2) is 0 Å². The second kappa shape index (κ2) is 8.46. The van der Waals surface area contributed by atoms with Crippen molar-refractivity contribution in [1.29, 1.82) is 0 Å². The highest BCUT2D eigenvalue weighted by atomic mass is 35.5. The summed E-state index contributed by atoms with van der Waals surface area (Å²) in [6.07, 6.45) is 1.73. The molecule has 1 aromatic heterocycles. The van der Waals surface area contributed by atoms with Gasteiger partial charge in [0.25, 0.3) is 0 Å². The van der Waals surface area contributed by atoms with Gasteiger partial charge < -0.3 is 9.73 Å². The third-order valence-electron chi connectivity index (χ3n) is 4.75. The summed E-state index contributed by atoms with van der Waals surface area (Å²) in [6.45, 7) is 3.06. The van der Waals surface area contributed by atoms with Crippen LogP contribution in [-0.2, 0) is 21.4 Å². The first-order valence-corrected chi connectivity index (χ1v) is 10.7. The van der Waals surface area contributed by atoms with Gasteiger partial charge in [0.1, 0.15) is 11.5 Å². The van der Waals surface area contributed by atoms with Crippen LogP contribution in [0, 0.1) is 12.8 Å². The molecule has 6 nitrogen and oxygen atoms in total. The number of nitrogens with zero attached hydrogens (tertiary/aromatic N) is 1. The fraction of sp³-hybridized carbons (Fsp3) is 0.421. The summed E-state index contributed by atoms with van der Waals surface area (Å²) in [5.74, 6) is 1.68. The third-order valence-corrected chi connectivity index (χ3v) is 6.92. The summed E-state index contributed by atoms with van der Waals surface area (Å²) in [5, 5.41) is 3.36. The van der Waals surface area contributed by atoms with E-state index < -0.39 is 10.0 Å². The van der Waals surface area contributed by atoms with Gasteiger partial charge in [-0.15, -0.1) is 0 Å². The molecule has 2 aromatic rings. The average Bonchev–Trinajstić information content (AvgIpc) is 3.06. The number of nitrogens with one attached hydrogen (secondary N) is 1. The smallest absolute Gasteiger partial charge is 0.243 e. The van der Waals surface area contributed by atoms with Crippen molar-refractivity contribution >= 4 is 27.5 Å². The number of benzene rings is 1. The van der Waals surface area contributed by atoms with E-state index in [0.29, 0.717) is 43.9 Å². The standard InChI is InChI=1S/C19H23ClN2O4S/c1-14-2-5-17(26-14)13-21-19(23)12-15-8-10-22(11-9-15)27(24,25)18-6-3-16(20)4-7-18/h2-7,15H,8-13H2,1H3,(H,21,23). The van der Waals surface area contributed by atoms with E-state index in [4.69, 9.17) is 16.0 Å². The molecule has 0 saturated carbocycles. The summed E-state index contributed by atoms with van der Waals surface area (Å²) in [4.78, 5) is 12.4. The molecule has 1 N–H and O–H groups in total. The number of amides is 1. The molecule has 0 bridgehead atoms. The highest BCUT2D eigenvalue weighted by Gasteiger charge is 2.30. The Morgan fingerprint density at radius 1 is 1.19 bits per heavy atom. The second-order valence-electron chi connectivity index (χ2n) is 6.79. The SMILES string of the molecule is Cc1ccc(CNC(=O)CC2CCN(S(=O)(=O)c3ccc(Cl)cc3)CC2)o1. The Hall–Kier alpha value is -1.83. The Morgan fingerprint density at radius 3 is 2.44 bits per heavy atom. The van der Waals surface area contributed by atoms with E-state index in [-0.39, 0.29) is 16.7 Å². The lowest BCUT2D eigenvalue weighted by Crippen LogP contribution is -2.39. The Balaban J connectivity index is 1.48. The highest BCUT2D eigenvalue weighted by molar-refractivity contribution is 7.89. The fourth-order valence-electron chi connectivity index (χ4n) is 3.21. The molecule has 0 atom stereocenters. The molecular formula is C19H23ClN2O4S. The first-order valence-electron chi connectivity index (χ1n) is 8.92. The maximum atomic E-state index is 12.7. The molecule has 1 saturated heterocycles. The molecule has 1 aliphatic rings. The van der Waals surface area contributed by atoms with Gasteiger partial charge in [-0.3, -0.25) is 4.79 Å². The average molecular weight is 411 g/mol. The van der Waals surface area contributed by atoms with Crippen molar-refractivity contribution in [2.24, 2.45) is 5.92 Å². The number of halogens is 1. The highest BCUT2D eigenvalue weighted by Crippen LogP contribution is 2.26. The van der Waals surface area contributed by atoms with Crippen molar-refractivity contribution in [1.82, 2.24) is 9.62 Å². The van der Waals surface area contributed by atoms with Crippen molar-refractivity contribution in [3.63, 3.8) is 0 Å². The van der Waals surface area contributed by atoms with Crippen LogP contribution < -0.4 is 5.32 Å². The number of hydrogen-bond donors (Lipinski definition) is 1. The van der Waals surface area contributed by atoms with Crippen LogP contribution >= 0.6 is 11.6 Å². The van der Waals surface area contributed by atoms with Crippen LogP contribution in [0.5, 0.6) is 0 Å². The van der Waals surface area contributed by atoms with Crippen LogP contribution in [0.15, 0.2) is 45.7 Å². The van der Waals surface area contributed by atoms with Crippen LogP contribution in [0.4, 0.5) is 0 Å².